The van der Waals surface area contributed by atoms with Crippen LogP contribution in [-0.2, 0) is 26.0 Å². The normalized spacial score (nSPS) is 12.2. The fourth-order valence-corrected chi connectivity index (χ4v) is 6.01. The summed E-state index contributed by atoms with van der Waals surface area (Å²) in [4.78, 5) is 28.9. The van der Waals surface area contributed by atoms with Gasteiger partial charge in [-0.25, -0.2) is 8.42 Å². The van der Waals surface area contributed by atoms with Gasteiger partial charge in [-0.1, -0.05) is 55.5 Å². The molecule has 0 aliphatic rings. The van der Waals surface area contributed by atoms with Crippen molar-refractivity contribution in [3.63, 3.8) is 0 Å². The minimum atomic E-state index is -4.24. The third kappa shape index (κ3) is 8.25. The molecule has 10 heteroatoms. The number of hydrogen-bond acceptors (Lipinski definition) is 6. The Labute approximate surface area is 249 Å². The van der Waals surface area contributed by atoms with Crippen molar-refractivity contribution < 1.29 is 27.5 Å². The predicted molar refractivity (Wildman–Crippen MR) is 164 cm³/mol. The number of amides is 2. The molecule has 0 fully saturated rings. The Kier molecular flexibility index (Phi) is 11.0. The molecule has 0 aliphatic carbocycles. The minimum absolute atomic E-state index is 0.0647. The van der Waals surface area contributed by atoms with E-state index in [0.29, 0.717) is 24.3 Å². The maximum Gasteiger partial charge on any atom is 0.264 e. The summed E-state index contributed by atoms with van der Waals surface area (Å²) >= 11 is 0. The molecule has 1 unspecified atom stereocenters. The highest BCUT2D eigenvalue weighted by Crippen LogP contribution is 2.32. The van der Waals surface area contributed by atoms with Gasteiger partial charge in [0, 0.05) is 18.2 Å². The number of nitrogens with zero attached hydrogens (tertiary/aromatic N) is 2. The van der Waals surface area contributed by atoms with Crippen molar-refractivity contribution in [2.45, 2.75) is 57.0 Å². The first kappa shape index (κ1) is 32.5. The van der Waals surface area contributed by atoms with Crippen molar-refractivity contribution in [1.29, 1.82) is 0 Å². The number of nitrogens with one attached hydrogen (secondary N) is 1. The highest BCUT2D eigenvalue weighted by molar-refractivity contribution is 7.92. The monoisotopic (exact) mass is 595 g/mol. The Morgan fingerprint density at radius 1 is 0.881 bits per heavy atom. The Morgan fingerprint density at radius 3 is 2.02 bits per heavy atom. The molecular weight excluding hydrogens is 554 g/mol. The second-order valence-electron chi connectivity index (χ2n) is 10.9. The molecule has 226 valence electrons. The average molecular weight is 596 g/mol. The van der Waals surface area contributed by atoms with E-state index in [-0.39, 0.29) is 23.1 Å². The van der Waals surface area contributed by atoms with Crippen LogP contribution < -0.4 is 19.1 Å². The molecule has 0 spiro atoms. The smallest absolute Gasteiger partial charge is 0.264 e. The van der Waals surface area contributed by atoms with E-state index < -0.39 is 34.1 Å². The molecular formula is C32H41N3O6S. The van der Waals surface area contributed by atoms with Crippen molar-refractivity contribution in [2.75, 3.05) is 31.6 Å². The number of rotatable bonds is 13. The Bertz CT molecular complexity index is 1440. The summed E-state index contributed by atoms with van der Waals surface area (Å²) in [7, 11) is -1.35. The summed E-state index contributed by atoms with van der Waals surface area (Å²) in [5.41, 5.74) is 0.806. The minimum Gasteiger partial charge on any atom is -0.493 e. The third-order valence-corrected chi connectivity index (χ3v) is 8.40. The van der Waals surface area contributed by atoms with Gasteiger partial charge in [0.1, 0.15) is 12.6 Å². The van der Waals surface area contributed by atoms with Crippen LogP contribution in [0.15, 0.2) is 83.8 Å². The molecule has 3 rings (SSSR count). The number of hydrogen-bond donors (Lipinski definition) is 1. The number of anilines is 1. The zero-order valence-corrected chi connectivity index (χ0v) is 26.0. The summed E-state index contributed by atoms with van der Waals surface area (Å²) in [5.74, 6) is -0.163. The molecule has 0 radical (unpaired) electrons. The fraction of sp³-hybridized carbons (Fsp3) is 0.375. The molecule has 9 nitrogen and oxygen atoms in total. The lowest BCUT2D eigenvalue weighted by molar-refractivity contribution is -0.140. The van der Waals surface area contributed by atoms with Crippen LogP contribution in [0.5, 0.6) is 11.5 Å². The number of benzene rings is 3. The maximum absolute atomic E-state index is 14.1. The van der Waals surface area contributed by atoms with E-state index in [1.54, 1.807) is 30.3 Å². The maximum atomic E-state index is 14.1. The fourth-order valence-electron chi connectivity index (χ4n) is 4.58. The highest BCUT2D eigenvalue weighted by atomic mass is 32.2. The van der Waals surface area contributed by atoms with Crippen molar-refractivity contribution in [2.24, 2.45) is 0 Å². The van der Waals surface area contributed by atoms with Crippen LogP contribution in [0.1, 0.15) is 39.7 Å². The van der Waals surface area contributed by atoms with Crippen LogP contribution in [0.4, 0.5) is 5.69 Å². The summed E-state index contributed by atoms with van der Waals surface area (Å²) in [5, 5.41) is 2.98. The van der Waals surface area contributed by atoms with Crippen LogP contribution in [-0.4, -0.2) is 64.0 Å². The lowest BCUT2D eigenvalue weighted by Gasteiger charge is -2.34. The molecule has 2 amide bonds. The number of sulfonamides is 1. The topological polar surface area (TPSA) is 105 Å². The standard InChI is InChI=1S/C32H41N3O6S/c1-7-27(31(37)33-32(2,3)4)34(21-20-24-14-10-8-11-15-24)30(36)23-35(25-16-12-9-13-17-25)42(38,39)26-18-19-28(40-5)29(22-26)41-6/h8-19,22,27H,7,20-21,23H2,1-6H3,(H,33,37). The molecule has 0 saturated carbocycles. The van der Waals surface area contributed by atoms with Crippen LogP contribution in [0.3, 0.4) is 0 Å². The van der Waals surface area contributed by atoms with E-state index in [1.165, 1.54) is 37.3 Å². The summed E-state index contributed by atoms with van der Waals surface area (Å²) < 4.78 is 39.8. The van der Waals surface area contributed by atoms with E-state index in [0.717, 1.165) is 9.87 Å². The van der Waals surface area contributed by atoms with Crippen LogP contribution in [0, 0.1) is 0 Å². The number of methoxy groups -OCH3 is 2. The number of carbonyl (C=O) groups excluding carboxylic acids is 2. The van der Waals surface area contributed by atoms with Gasteiger partial charge in [-0.2, -0.15) is 0 Å². The second kappa shape index (κ2) is 14.2. The zero-order chi connectivity index (χ0) is 30.9. The first-order chi connectivity index (χ1) is 19.9. The van der Waals surface area contributed by atoms with E-state index in [2.05, 4.69) is 5.32 Å². The predicted octanol–water partition coefficient (Wildman–Crippen LogP) is 4.66. The molecule has 0 aromatic heterocycles. The van der Waals surface area contributed by atoms with Gasteiger partial charge < -0.3 is 19.7 Å². The van der Waals surface area contributed by atoms with E-state index in [1.807, 2.05) is 58.0 Å². The quantitative estimate of drug-likeness (QED) is 0.308. The summed E-state index contributed by atoms with van der Waals surface area (Å²) in [6.45, 7) is 7.19. The van der Waals surface area contributed by atoms with Gasteiger partial charge in [0.05, 0.1) is 24.8 Å². The SMILES string of the molecule is CCC(C(=O)NC(C)(C)C)N(CCc1ccccc1)C(=O)CN(c1ccccc1)S(=O)(=O)c1ccc(OC)c(OC)c1. The summed E-state index contributed by atoms with van der Waals surface area (Å²) in [6, 6.07) is 21.6. The van der Waals surface area contributed by atoms with Crippen molar-refractivity contribution in [3.8, 4) is 11.5 Å². The van der Waals surface area contributed by atoms with Crippen LogP contribution in [0.25, 0.3) is 0 Å². The zero-order valence-electron chi connectivity index (χ0n) is 25.2. The van der Waals surface area contributed by atoms with E-state index >= 15 is 0 Å². The molecule has 0 saturated heterocycles. The number of para-hydroxylation sites is 1. The highest BCUT2D eigenvalue weighted by Gasteiger charge is 2.34. The van der Waals surface area contributed by atoms with Gasteiger partial charge in [-0.15, -0.1) is 0 Å². The lowest BCUT2D eigenvalue weighted by Crippen LogP contribution is -2.56. The number of ether oxygens (including phenoxy) is 2. The molecule has 1 atom stereocenters. The third-order valence-electron chi connectivity index (χ3n) is 6.63. The number of carbonyl (C=O) groups is 2. The second-order valence-corrected chi connectivity index (χ2v) is 12.7. The molecule has 1 N–H and O–H groups in total. The Morgan fingerprint density at radius 2 is 1.48 bits per heavy atom. The summed E-state index contributed by atoms with van der Waals surface area (Å²) in [6.07, 6.45) is 0.857. The Balaban J connectivity index is 2.03. The van der Waals surface area contributed by atoms with Crippen molar-refractivity contribution in [1.82, 2.24) is 10.2 Å². The van der Waals surface area contributed by atoms with Crippen LogP contribution in [0.2, 0.25) is 0 Å². The van der Waals surface area contributed by atoms with Crippen molar-refractivity contribution >= 4 is 27.5 Å². The van der Waals surface area contributed by atoms with Crippen LogP contribution >= 0.6 is 0 Å². The van der Waals surface area contributed by atoms with E-state index in [9.17, 15) is 18.0 Å². The van der Waals surface area contributed by atoms with Gasteiger partial charge >= 0.3 is 0 Å². The molecule has 3 aromatic carbocycles. The van der Waals surface area contributed by atoms with Gasteiger partial charge in [-0.05, 0) is 63.4 Å². The van der Waals surface area contributed by atoms with Gasteiger partial charge in [0.25, 0.3) is 10.0 Å². The van der Waals surface area contributed by atoms with Crippen molar-refractivity contribution in [3.05, 3.63) is 84.4 Å². The first-order valence-electron chi connectivity index (χ1n) is 13.9. The Hall–Kier alpha value is -4.05. The van der Waals surface area contributed by atoms with Gasteiger partial charge in [-0.3, -0.25) is 13.9 Å². The lowest BCUT2D eigenvalue weighted by atomic mass is 10.1. The molecule has 3 aromatic rings. The first-order valence-corrected chi connectivity index (χ1v) is 15.3. The molecule has 42 heavy (non-hydrogen) atoms. The van der Waals surface area contributed by atoms with E-state index in [4.69, 9.17) is 9.47 Å². The van der Waals surface area contributed by atoms with Gasteiger partial charge in [0.15, 0.2) is 11.5 Å². The largest absolute Gasteiger partial charge is 0.493 e. The molecule has 0 heterocycles. The van der Waals surface area contributed by atoms with Gasteiger partial charge in [0.2, 0.25) is 11.8 Å². The average Bonchev–Trinajstić information content (AvgIpc) is 2.97. The molecule has 0 aliphatic heterocycles. The molecule has 0 bridgehead atoms.